The molecule has 0 aliphatic carbocycles. The summed E-state index contributed by atoms with van der Waals surface area (Å²) in [4.78, 5) is 14.9. The molecule has 0 unspecified atom stereocenters. The molecule has 0 radical (unpaired) electrons. The third-order valence-electron chi connectivity index (χ3n) is 1.59. The molecule has 0 N–H and O–H groups in total. The lowest BCUT2D eigenvalue weighted by atomic mass is 10.4. The molecule has 0 aliphatic heterocycles. The standard InChI is InChI=1S/C9H14N2OS/c1-7(2)11-5-4-10-9(11)13-6-8(3)12/h4-5,7H,6H2,1-3H3. The summed E-state index contributed by atoms with van der Waals surface area (Å²) in [6.45, 7) is 5.79. The summed E-state index contributed by atoms with van der Waals surface area (Å²) in [7, 11) is 0. The maximum absolute atomic E-state index is 10.8. The van der Waals surface area contributed by atoms with Crippen molar-refractivity contribution in [3.63, 3.8) is 0 Å². The van der Waals surface area contributed by atoms with E-state index in [0.29, 0.717) is 11.8 Å². The molecule has 0 saturated heterocycles. The van der Waals surface area contributed by atoms with Gasteiger partial charge in [-0.1, -0.05) is 11.8 Å². The Morgan fingerprint density at radius 1 is 1.69 bits per heavy atom. The predicted octanol–water partition coefficient (Wildman–Crippen LogP) is 2.15. The van der Waals surface area contributed by atoms with Crippen molar-refractivity contribution in [1.29, 1.82) is 0 Å². The SMILES string of the molecule is CC(=O)CSc1nccn1C(C)C. The van der Waals surface area contributed by atoms with E-state index in [9.17, 15) is 4.79 Å². The Balaban J connectivity index is 2.65. The Morgan fingerprint density at radius 2 is 2.38 bits per heavy atom. The second kappa shape index (κ2) is 4.46. The van der Waals surface area contributed by atoms with Crippen LogP contribution in [0.15, 0.2) is 17.6 Å². The van der Waals surface area contributed by atoms with E-state index >= 15 is 0 Å². The van der Waals surface area contributed by atoms with Crippen LogP contribution in [0.4, 0.5) is 0 Å². The number of hydrogen-bond acceptors (Lipinski definition) is 3. The van der Waals surface area contributed by atoms with Crippen LogP contribution in [0, 0.1) is 0 Å². The zero-order chi connectivity index (χ0) is 9.84. The van der Waals surface area contributed by atoms with Crippen LogP contribution in [0.25, 0.3) is 0 Å². The van der Waals surface area contributed by atoms with Gasteiger partial charge in [0.05, 0.1) is 5.75 Å². The molecule has 3 nitrogen and oxygen atoms in total. The van der Waals surface area contributed by atoms with E-state index in [2.05, 4.69) is 23.4 Å². The first-order chi connectivity index (χ1) is 6.11. The highest BCUT2D eigenvalue weighted by molar-refractivity contribution is 7.99. The lowest BCUT2D eigenvalue weighted by molar-refractivity contribution is -0.114. The summed E-state index contributed by atoms with van der Waals surface area (Å²) in [6.07, 6.45) is 3.70. The van der Waals surface area contributed by atoms with E-state index in [1.807, 2.05) is 6.20 Å². The first kappa shape index (κ1) is 10.3. The van der Waals surface area contributed by atoms with Crippen molar-refractivity contribution in [2.24, 2.45) is 0 Å². The molecule has 1 aromatic rings. The zero-order valence-electron chi connectivity index (χ0n) is 8.15. The molecule has 1 aromatic heterocycles. The fourth-order valence-corrected chi connectivity index (χ4v) is 1.86. The van der Waals surface area contributed by atoms with Gasteiger partial charge >= 0.3 is 0 Å². The monoisotopic (exact) mass is 198 g/mol. The summed E-state index contributed by atoms with van der Waals surface area (Å²) in [6, 6.07) is 0.400. The van der Waals surface area contributed by atoms with Gasteiger partial charge in [-0.3, -0.25) is 4.79 Å². The quantitative estimate of drug-likeness (QED) is 0.695. The van der Waals surface area contributed by atoms with E-state index in [1.165, 1.54) is 11.8 Å². The maximum atomic E-state index is 10.8. The van der Waals surface area contributed by atoms with Gasteiger partial charge < -0.3 is 4.57 Å². The summed E-state index contributed by atoms with van der Waals surface area (Å²) in [5.74, 6) is 0.687. The highest BCUT2D eigenvalue weighted by Crippen LogP contribution is 2.19. The summed E-state index contributed by atoms with van der Waals surface area (Å²) in [5, 5.41) is 0.921. The van der Waals surface area contributed by atoms with Gasteiger partial charge in [0.2, 0.25) is 0 Å². The zero-order valence-corrected chi connectivity index (χ0v) is 8.97. The van der Waals surface area contributed by atoms with E-state index in [1.54, 1.807) is 13.1 Å². The van der Waals surface area contributed by atoms with E-state index in [0.717, 1.165) is 5.16 Å². The third kappa shape index (κ3) is 2.88. The van der Waals surface area contributed by atoms with Gasteiger partial charge in [0.25, 0.3) is 0 Å². The van der Waals surface area contributed by atoms with Crippen molar-refractivity contribution < 1.29 is 4.79 Å². The number of carbonyl (C=O) groups is 1. The molecule has 0 spiro atoms. The predicted molar refractivity (Wildman–Crippen MR) is 54.0 cm³/mol. The molecular weight excluding hydrogens is 184 g/mol. The second-order valence-corrected chi connectivity index (χ2v) is 4.14. The Hall–Kier alpha value is -0.770. The largest absolute Gasteiger partial charge is 0.324 e. The van der Waals surface area contributed by atoms with Crippen LogP contribution in [0.2, 0.25) is 0 Å². The molecule has 0 saturated carbocycles. The number of imidazole rings is 1. The normalized spacial score (nSPS) is 10.8. The summed E-state index contributed by atoms with van der Waals surface area (Å²) >= 11 is 1.49. The number of rotatable bonds is 4. The van der Waals surface area contributed by atoms with E-state index in [-0.39, 0.29) is 5.78 Å². The first-order valence-electron chi connectivity index (χ1n) is 4.26. The fraction of sp³-hybridized carbons (Fsp3) is 0.556. The highest BCUT2D eigenvalue weighted by atomic mass is 32.2. The lowest BCUT2D eigenvalue weighted by Gasteiger charge is -2.09. The molecule has 13 heavy (non-hydrogen) atoms. The third-order valence-corrected chi connectivity index (χ3v) is 2.72. The topological polar surface area (TPSA) is 34.9 Å². The van der Waals surface area contributed by atoms with Crippen molar-refractivity contribution >= 4 is 17.5 Å². The van der Waals surface area contributed by atoms with Crippen molar-refractivity contribution in [1.82, 2.24) is 9.55 Å². The number of ketones is 1. The molecule has 0 aliphatic rings. The van der Waals surface area contributed by atoms with Crippen LogP contribution in [0.3, 0.4) is 0 Å². The molecule has 4 heteroatoms. The van der Waals surface area contributed by atoms with Crippen molar-refractivity contribution in [2.45, 2.75) is 32.0 Å². The maximum Gasteiger partial charge on any atom is 0.168 e. The fourth-order valence-electron chi connectivity index (χ4n) is 0.970. The Kier molecular flexibility index (Phi) is 3.54. The van der Waals surface area contributed by atoms with E-state index < -0.39 is 0 Å². The van der Waals surface area contributed by atoms with Crippen LogP contribution >= 0.6 is 11.8 Å². The van der Waals surface area contributed by atoms with Crippen LogP contribution in [-0.4, -0.2) is 21.1 Å². The second-order valence-electron chi connectivity index (χ2n) is 3.20. The number of hydrogen-bond donors (Lipinski definition) is 0. The average Bonchev–Trinajstić information content (AvgIpc) is 2.47. The van der Waals surface area contributed by atoms with Gasteiger partial charge in [-0.05, 0) is 20.8 Å². The first-order valence-corrected chi connectivity index (χ1v) is 5.25. The van der Waals surface area contributed by atoms with Gasteiger partial charge in [-0.2, -0.15) is 0 Å². The number of carbonyl (C=O) groups excluding carboxylic acids is 1. The molecule has 0 bridgehead atoms. The molecule has 1 rings (SSSR count). The summed E-state index contributed by atoms with van der Waals surface area (Å²) < 4.78 is 2.06. The minimum atomic E-state index is 0.184. The average molecular weight is 198 g/mol. The molecule has 0 atom stereocenters. The smallest absolute Gasteiger partial charge is 0.168 e. The number of Topliss-reactive ketones (excluding diaryl/α,β-unsaturated/α-hetero) is 1. The van der Waals surface area contributed by atoms with Crippen LogP contribution < -0.4 is 0 Å². The molecule has 0 fully saturated rings. The van der Waals surface area contributed by atoms with Crippen LogP contribution in [-0.2, 0) is 4.79 Å². The van der Waals surface area contributed by atoms with Crippen molar-refractivity contribution in [2.75, 3.05) is 5.75 Å². The van der Waals surface area contributed by atoms with Crippen LogP contribution in [0.1, 0.15) is 26.8 Å². The van der Waals surface area contributed by atoms with Gasteiger partial charge in [0.15, 0.2) is 5.16 Å². The minimum Gasteiger partial charge on any atom is -0.324 e. The Labute approximate surface area is 82.5 Å². The Bertz CT molecular complexity index is 294. The molecule has 72 valence electrons. The summed E-state index contributed by atoms with van der Waals surface area (Å²) in [5.41, 5.74) is 0. The number of nitrogens with zero attached hydrogens (tertiary/aromatic N) is 2. The van der Waals surface area contributed by atoms with Crippen molar-refractivity contribution in [3.05, 3.63) is 12.4 Å². The van der Waals surface area contributed by atoms with Gasteiger partial charge in [-0.25, -0.2) is 4.98 Å². The lowest BCUT2D eigenvalue weighted by Crippen LogP contribution is -2.02. The number of aromatic nitrogens is 2. The van der Waals surface area contributed by atoms with Crippen molar-refractivity contribution in [3.8, 4) is 0 Å². The molecule has 0 aromatic carbocycles. The van der Waals surface area contributed by atoms with Gasteiger partial charge in [-0.15, -0.1) is 0 Å². The number of thioether (sulfide) groups is 1. The van der Waals surface area contributed by atoms with Crippen LogP contribution in [0.5, 0.6) is 0 Å². The molecule has 1 heterocycles. The molecular formula is C9H14N2OS. The highest BCUT2D eigenvalue weighted by Gasteiger charge is 2.06. The Morgan fingerprint density at radius 3 is 2.92 bits per heavy atom. The molecule has 0 amide bonds. The van der Waals surface area contributed by atoms with Gasteiger partial charge in [0.1, 0.15) is 5.78 Å². The minimum absolute atomic E-state index is 0.184. The van der Waals surface area contributed by atoms with Gasteiger partial charge in [0, 0.05) is 18.4 Å². The van der Waals surface area contributed by atoms with E-state index in [4.69, 9.17) is 0 Å².